The van der Waals surface area contributed by atoms with E-state index in [2.05, 4.69) is 26.8 Å². The van der Waals surface area contributed by atoms with Gasteiger partial charge in [-0.25, -0.2) is 19.7 Å². The quantitative estimate of drug-likeness (QED) is 0.0808. The zero-order chi connectivity index (χ0) is 38.0. The Bertz CT molecular complexity index is 2080. The van der Waals surface area contributed by atoms with Crippen molar-refractivity contribution in [3.63, 3.8) is 0 Å². The number of anilines is 1. The lowest BCUT2D eigenvalue weighted by Gasteiger charge is -2.33. The molecule has 1 N–H and O–H groups in total. The zero-order valence-corrected chi connectivity index (χ0v) is 29.8. The molecule has 0 saturated carbocycles. The van der Waals surface area contributed by atoms with E-state index < -0.39 is 54.5 Å². The summed E-state index contributed by atoms with van der Waals surface area (Å²) in [6, 6.07) is 26.9. The number of nitrogens with zero attached hydrogens (tertiary/aromatic N) is 5. The fourth-order valence-corrected chi connectivity index (χ4v) is 6.41. The SMILES string of the molecule is C=CC[C@@H](C[C@H]1O[C@@H](n2cnc3c(NC(=O)c4ccccc4)ncnc32)[C@H](OC(C)=O)[C@@H]1OC(C)=O)N(Cc1ccccc1)C(=O)OCc1ccccc1. The summed E-state index contributed by atoms with van der Waals surface area (Å²) < 4.78 is 25.6. The Hall–Kier alpha value is -6.41. The second-order valence-electron chi connectivity index (χ2n) is 12.6. The van der Waals surface area contributed by atoms with E-state index in [4.69, 9.17) is 18.9 Å². The van der Waals surface area contributed by atoms with Crippen LogP contribution in [0.1, 0.15) is 54.4 Å². The van der Waals surface area contributed by atoms with Crippen LogP contribution in [0.3, 0.4) is 0 Å². The van der Waals surface area contributed by atoms with Gasteiger partial charge in [0, 0.05) is 32.0 Å². The highest BCUT2D eigenvalue weighted by Gasteiger charge is 2.51. The first-order valence-corrected chi connectivity index (χ1v) is 17.4. The highest BCUT2D eigenvalue weighted by molar-refractivity contribution is 6.06. The first-order chi connectivity index (χ1) is 26.2. The Morgan fingerprint density at radius 3 is 2.15 bits per heavy atom. The average Bonchev–Trinajstić information content (AvgIpc) is 3.74. The van der Waals surface area contributed by atoms with Gasteiger partial charge in [0.25, 0.3) is 5.91 Å². The van der Waals surface area contributed by atoms with Gasteiger partial charge in [-0.2, -0.15) is 0 Å². The van der Waals surface area contributed by atoms with Crippen LogP contribution in [0.15, 0.2) is 116 Å². The number of carbonyl (C=O) groups is 4. The summed E-state index contributed by atoms with van der Waals surface area (Å²) in [4.78, 5) is 66.7. The van der Waals surface area contributed by atoms with Gasteiger partial charge in [-0.15, -0.1) is 6.58 Å². The predicted octanol–water partition coefficient (Wildman–Crippen LogP) is 6.01. The van der Waals surface area contributed by atoms with E-state index in [1.807, 2.05) is 60.7 Å². The van der Waals surface area contributed by atoms with Gasteiger partial charge in [-0.1, -0.05) is 84.9 Å². The van der Waals surface area contributed by atoms with E-state index in [-0.39, 0.29) is 36.6 Å². The fraction of sp³-hybridized carbons (Fsp3) is 0.275. The number of imidazole rings is 1. The van der Waals surface area contributed by atoms with Gasteiger partial charge in [-0.3, -0.25) is 19.0 Å². The van der Waals surface area contributed by atoms with Gasteiger partial charge < -0.3 is 29.2 Å². The lowest BCUT2D eigenvalue weighted by molar-refractivity contribution is -0.165. The monoisotopic (exact) mass is 732 g/mol. The zero-order valence-electron chi connectivity index (χ0n) is 29.8. The number of nitrogens with one attached hydrogen (secondary N) is 1. The number of carbonyl (C=O) groups excluding carboxylic acids is 4. The topological polar surface area (TPSA) is 164 Å². The van der Waals surface area contributed by atoms with Gasteiger partial charge in [-0.05, 0) is 36.1 Å². The van der Waals surface area contributed by atoms with Crippen molar-refractivity contribution in [2.75, 3.05) is 5.32 Å². The normalized spacial score (nSPS) is 18.3. The molecule has 5 atom stereocenters. The molecule has 14 nitrogen and oxygen atoms in total. The molecule has 0 spiro atoms. The van der Waals surface area contributed by atoms with Gasteiger partial charge in [0.15, 0.2) is 35.4 Å². The molecule has 1 aliphatic rings. The Labute approximate surface area is 311 Å². The van der Waals surface area contributed by atoms with Crippen LogP contribution in [0.4, 0.5) is 10.6 Å². The number of aromatic nitrogens is 4. The third-order valence-electron chi connectivity index (χ3n) is 8.81. The molecule has 6 rings (SSSR count). The molecule has 3 aromatic carbocycles. The number of rotatable bonds is 14. The van der Waals surface area contributed by atoms with Crippen LogP contribution in [0.5, 0.6) is 0 Å². The van der Waals surface area contributed by atoms with Crippen LogP contribution >= 0.6 is 0 Å². The number of ether oxygens (including phenoxy) is 4. The van der Waals surface area contributed by atoms with Crippen LogP contribution < -0.4 is 5.32 Å². The Balaban J connectivity index is 1.32. The summed E-state index contributed by atoms with van der Waals surface area (Å²) in [6.07, 6.45) is 0.0448. The molecule has 278 valence electrons. The van der Waals surface area contributed by atoms with E-state index in [1.54, 1.807) is 41.3 Å². The van der Waals surface area contributed by atoms with Gasteiger partial charge in [0.05, 0.1) is 6.33 Å². The Morgan fingerprint density at radius 2 is 1.50 bits per heavy atom. The number of benzene rings is 3. The van der Waals surface area contributed by atoms with Crippen molar-refractivity contribution in [2.24, 2.45) is 0 Å². The van der Waals surface area contributed by atoms with Crippen molar-refractivity contribution in [2.45, 2.75) is 70.4 Å². The first-order valence-electron chi connectivity index (χ1n) is 17.4. The minimum absolute atomic E-state index is 0.0573. The van der Waals surface area contributed by atoms with Crippen LogP contribution in [0.25, 0.3) is 11.2 Å². The van der Waals surface area contributed by atoms with Gasteiger partial charge >= 0.3 is 18.0 Å². The van der Waals surface area contributed by atoms with E-state index >= 15 is 0 Å². The summed E-state index contributed by atoms with van der Waals surface area (Å²) in [6.45, 7) is 6.70. The van der Waals surface area contributed by atoms with Crippen molar-refractivity contribution >= 4 is 40.9 Å². The van der Waals surface area contributed by atoms with Crippen molar-refractivity contribution < 1.29 is 38.1 Å². The number of amides is 2. The Morgan fingerprint density at radius 1 is 0.870 bits per heavy atom. The standard InChI is InChI=1S/C40H40N6O8/c1-4-14-31(45(22-28-15-8-5-9-16-28)40(50)51-23-29-17-10-6-11-18-29)21-32-34(52-26(2)47)35(53-27(3)48)39(54-32)46-25-43-33-36(41-24-42-37(33)46)44-38(49)30-19-12-7-13-20-30/h4-13,15-20,24-25,31-32,34-35,39H,1,14,21-23H2,2-3H3,(H,41,42,44,49)/t31-,32+,34+,35+,39+/m0/s1. The number of hydrogen-bond donors (Lipinski definition) is 1. The van der Waals surface area contributed by atoms with Crippen LogP contribution in [-0.4, -0.2) is 72.7 Å². The third kappa shape index (κ3) is 8.96. The highest BCUT2D eigenvalue weighted by Crippen LogP contribution is 2.39. The van der Waals surface area contributed by atoms with Crippen molar-refractivity contribution in [1.29, 1.82) is 0 Å². The number of fused-ring (bicyclic) bond motifs is 1. The van der Waals surface area contributed by atoms with Crippen LogP contribution in [-0.2, 0) is 41.7 Å². The second kappa shape index (κ2) is 17.4. The molecule has 5 aromatic rings. The van der Waals surface area contributed by atoms with E-state index in [1.165, 1.54) is 31.1 Å². The maximum atomic E-state index is 13.9. The number of esters is 2. The molecule has 0 aliphatic carbocycles. The highest BCUT2D eigenvalue weighted by atomic mass is 16.6. The lowest BCUT2D eigenvalue weighted by Crippen LogP contribution is -2.45. The molecule has 1 saturated heterocycles. The molecule has 1 fully saturated rings. The molecular weight excluding hydrogens is 692 g/mol. The lowest BCUT2D eigenvalue weighted by atomic mass is 9.98. The summed E-state index contributed by atoms with van der Waals surface area (Å²) in [5, 5.41) is 2.78. The Kier molecular flexibility index (Phi) is 12.0. The maximum Gasteiger partial charge on any atom is 0.410 e. The van der Waals surface area contributed by atoms with E-state index in [0.29, 0.717) is 12.0 Å². The molecule has 0 bridgehead atoms. The third-order valence-corrected chi connectivity index (χ3v) is 8.81. The summed E-state index contributed by atoms with van der Waals surface area (Å²) in [5.74, 6) is -1.51. The molecular formula is C40H40N6O8. The predicted molar refractivity (Wildman–Crippen MR) is 197 cm³/mol. The van der Waals surface area contributed by atoms with E-state index in [9.17, 15) is 19.2 Å². The molecule has 0 unspecified atom stereocenters. The molecule has 2 aromatic heterocycles. The molecule has 54 heavy (non-hydrogen) atoms. The molecule has 1 aliphatic heterocycles. The molecule has 3 heterocycles. The second-order valence-corrected chi connectivity index (χ2v) is 12.6. The average molecular weight is 733 g/mol. The summed E-state index contributed by atoms with van der Waals surface area (Å²) in [5.41, 5.74) is 2.62. The summed E-state index contributed by atoms with van der Waals surface area (Å²) >= 11 is 0. The molecule has 14 heteroatoms. The first kappa shape index (κ1) is 37.4. The van der Waals surface area contributed by atoms with Gasteiger partial charge in [0.2, 0.25) is 0 Å². The molecule has 2 amide bonds. The summed E-state index contributed by atoms with van der Waals surface area (Å²) in [7, 11) is 0. The van der Waals surface area contributed by atoms with Crippen molar-refractivity contribution in [1.82, 2.24) is 24.4 Å². The minimum Gasteiger partial charge on any atom is -0.456 e. The largest absolute Gasteiger partial charge is 0.456 e. The smallest absolute Gasteiger partial charge is 0.410 e. The van der Waals surface area contributed by atoms with Gasteiger partial charge in [0.1, 0.15) is 19.0 Å². The van der Waals surface area contributed by atoms with Crippen LogP contribution in [0, 0.1) is 0 Å². The fourth-order valence-electron chi connectivity index (χ4n) is 6.41. The maximum absolute atomic E-state index is 13.9. The number of hydrogen-bond acceptors (Lipinski definition) is 11. The minimum atomic E-state index is -1.15. The van der Waals surface area contributed by atoms with Crippen molar-refractivity contribution in [3.8, 4) is 0 Å². The van der Waals surface area contributed by atoms with Crippen LogP contribution in [0.2, 0.25) is 0 Å². The van der Waals surface area contributed by atoms with E-state index in [0.717, 1.165) is 11.1 Å². The molecule has 0 radical (unpaired) electrons. The van der Waals surface area contributed by atoms with Crippen molar-refractivity contribution in [3.05, 3.63) is 133 Å².